The van der Waals surface area contributed by atoms with E-state index in [9.17, 15) is 5.11 Å². The second-order valence-electron chi connectivity index (χ2n) is 3.65. The number of aliphatic hydroxyl groups is 1. The van der Waals surface area contributed by atoms with Gasteiger partial charge in [0.2, 0.25) is 0 Å². The first-order chi connectivity index (χ1) is 5.68. The highest BCUT2D eigenvalue weighted by molar-refractivity contribution is 4.71. The SMILES string of the molecule is [CH2-]N(C)CCN1CCC(O)CC1. The Morgan fingerprint density at radius 2 is 2.08 bits per heavy atom. The molecule has 0 unspecified atom stereocenters. The lowest BCUT2D eigenvalue weighted by molar-refractivity contribution is 0.0801. The summed E-state index contributed by atoms with van der Waals surface area (Å²) in [5, 5.41) is 9.25. The van der Waals surface area contributed by atoms with Crippen molar-refractivity contribution < 1.29 is 5.11 Å². The van der Waals surface area contributed by atoms with Crippen LogP contribution in [0.2, 0.25) is 0 Å². The minimum Gasteiger partial charge on any atom is -0.461 e. The lowest BCUT2D eigenvalue weighted by atomic mass is 10.1. The molecule has 1 heterocycles. The molecular weight excluding hydrogens is 152 g/mol. The highest BCUT2D eigenvalue weighted by atomic mass is 16.3. The van der Waals surface area contributed by atoms with E-state index in [1.807, 2.05) is 11.9 Å². The first-order valence-corrected chi connectivity index (χ1v) is 4.60. The van der Waals surface area contributed by atoms with Crippen LogP contribution in [0.4, 0.5) is 0 Å². The van der Waals surface area contributed by atoms with Crippen molar-refractivity contribution in [2.45, 2.75) is 18.9 Å². The van der Waals surface area contributed by atoms with E-state index in [0.717, 1.165) is 39.0 Å². The Kier molecular flexibility index (Phi) is 3.98. The summed E-state index contributed by atoms with van der Waals surface area (Å²) >= 11 is 0. The van der Waals surface area contributed by atoms with E-state index < -0.39 is 0 Å². The van der Waals surface area contributed by atoms with Crippen LogP contribution in [0.15, 0.2) is 0 Å². The van der Waals surface area contributed by atoms with Crippen LogP contribution in [0.5, 0.6) is 0 Å². The van der Waals surface area contributed by atoms with Crippen LogP contribution in [0, 0.1) is 7.05 Å². The molecule has 0 saturated carbocycles. The fourth-order valence-electron chi connectivity index (χ4n) is 1.46. The molecule has 0 aliphatic carbocycles. The Morgan fingerprint density at radius 1 is 1.50 bits per heavy atom. The monoisotopic (exact) mass is 171 g/mol. The fourth-order valence-corrected chi connectivity index (χ4v) is 1.46. The third-order valence-electron chi connectivity index (χ3n) is 2.36. The van der Waals surface area contributed by atoms with Crippen LogP contribution in [-0.2, 0) is 0 Å². The van der Waals surface area contributed by atoms with Gasteiger partial charge in [0.05, 0.1) is 6.10 Å². The number of likely N-dealkylation sites (tertiary alicyclic amines) is 1. The van der Waals surface area contributed by atoms with Gasteiger partial charge in [-0.25, -0.2) is 0 Å². The van der Waals surface area contributed by atoms with E-state index in [1.165, 1.54) is 0 Å². The Labute approximate surface area is 75.0 Å². The van der Waals surface area contributed by atoms with Crippen molar-refractivity contribution in [1.29, 1.82) is 0 Å². The third-order valence-corrected chi connectivity index (χ3v) is 2.36. The molecule has 3 heteroatoms. The van der Waals surface area contributed by atoms with Crippen molar-refractivity contribution in [3.8, 4) is 0 Å². The molecule has 12 heavy (non-hydrogen) atoms. The standard InChI is InChI=1S/C9H19N2O/c1-10(2)7-8-11-5-3-9(12)4-6-11/h9,12H,1,3-8H2,2H3/q-1. The lowest BCUT2D eigenvalue weighted by Crippen LogP contribution is -2.39. The third kappa shape index (κ3) is 3.52. The molecule has 0 amide bonds. The second kappa shape index (κ2) is 4.80. The number of aliphatic hydroxyl groups excluding tert-OH is 1. The summed E-state index contributed by atoms with van der Waals surface area (Å²) in [5.74, 6) is 0. The van der Waals surface area contributed by atoms with Crippen molar-refractivity contribution >= 4 is 0 Å². The molecule has 0 aromatic rings. The maximum atomic E-state index is 9.25. The zero-order valence-electron chi connectivity index (χ0n) is 7.87. The van der Waals surface area contributed by atoms with E-state index in [0.29, 0.717) is 0 Å². The molecule has 1 saturated heterocycles. The molecule has 72 valence electrons. The normalized spacial score (nSPS) is 22.0. The summed E-state index contributed by atoms with van der Waals surface area (Å²) in [5.41, 5.74) is 0. The average Bonchev–Trinajstić information content (AvgIpc) is 2.03. The lowest BCUT2D eigenvalue weighted by Gasteiger charge is -2.31. The molecule has 0 bridgehead atoms. The first-order valence-electron chi connectivity index (χ1n) is 4.60. The van der Waals surface area contributed by atoms with E-state index in [2.05, 4.69) is 11.9 Å². The fraction of sp³-hybridized carbons (Fsp3) is 0.889. The Morgan fingerprint density at radius 3 is 2.58 bits per heavy atom. The van der Waals surface area contributed by atoms with Gasteiger partial charge in [0.25, 0.3) is 0 Å². The molecule has 0 aromatic carbocycles. The van der Waals surface area contributed by atoms with Gasteiger partial charge in [0, 0.05) is 19.6 Å². The van der Waals surface area contributed by atoms with Crippen LogP contribution in [-0.4, -0.2) is 54.2 Å². The van der Waals surface area contributed by atoms with Crippen LogP contribution in [0.25, 0.3) is 0 Å². The summed E-state index contributed by atoms with van der Waals surface area (Å²) in [6.07, 6.45) is 1.81. The smallest absolute Gasteiger partial charge is 0.0564 e. The topological polar surface area (TPSA) is 26.7 Å². The Bertz CT molecular complexity index is 120. The zero-order chi connectivity index (χ0) is 8.97. The minimum atomic E-state index is -0.0567. The number of likely N-dealkylation sites (N-methyl/N-ethyl adjacent to an activating group) is 1. The summed E-state index contributed by atoms with van der Waals surface area (Å²) in [4.78, 5) is 4.33. The van der Waals surface area contributed by atoms with Gasteiger partial charge in [0.1, 0.15) is 0 Å². The van der Waals surface area contributed by atoms with E-state index in [1.54, 1.807) is 0 Å². The molecule has 1 N–H and O–H groups in total. The van der Waals surface area contributed by atoms with Gasteiger partial charge in [-0.1, -0.05) is 0 Å². The molecular formula is C9H19N2O-. The molecule has 0 radical (unpaired) electrons. The molecule has 0 atom stereocenters. The Balaban J connectivity index is 2.09. The molecule has 1 aliphatic rings. The van der Waals surface area contributed by atoms with E-state index in [-0.39, 0.29) is 6.10 Å². The number of piperidine rings is 1. The van der Waals surface area contributed by atoms with Gasteiger partial charge in [-0.2, -0.15) is 0 Å². The van der Waals surface area contributed by atoms with Gasteiger partial charge in [-0.3, -0.25) is 7.05 Å². The van der Waals surface area contributed by atoms with Crippen molar-refractivity contribution in [3.05, 3.63) is 7.05 Å². The van der Waals surface area contributed by atoms with Gasteiger partial charge in [-0.05, 0) is 26.4 Å². The summed E-state index contributed by atoms with van der Waals surface area (Å²) in [6.45, 7) is 4.16. The predicted molar refractivity (Wildman–Crippen MR) is 49.7 cm³/mol. The summed E-state index contributed by atoms with van der Waals surface area (Å²) in [7, 11) is 5.78. The Hall–Kier alpha value is -0.120. The maximum Gasteiger partial charge on any atom is 0.0564 e. The van der Waals surface area contributed by atoms with E-state index in [4.69, 9.17) is 0 Å². The predicted octanol–water partition coefficient (Wildman–Crippen LogP) is 0.166. The quantitative estimate of drug-likeness (QED) is 0.613. The molecule has 0 aromatic heterocycles. The number of hydrogen-bond donors (Lipinski definition) is 1. The highest BCUT2D eigenvalue weighted by Gasteiger charge is 2.15. The molecule has 1 fully saturated rings. The number of nitrogens with zero attached hydrogens (tertiary/aromatic N) is 2. The largest absolute Gasteiger partial charge is 0.461 e. The van der Waals surface area contributed by atoms with Crippen LogP contribution in [0.3, 0.4) is 0 Å². The van der Waals surface area contributed by atoms with Crippen LogP contribution >= 0.6 is 0 Å². The van der Waals surface area contributed by atoms with Crippen molar-refractivity contribution in [2.75, 3.05) is 33.2 Å². The van der Waals surface area contributed by atoms with Gasteiger partial charge < -0.3 is 14.9 Å². The summed E-state index contributed by atoms with van der Waals surface area (Å²) in [6, 6.07) is 0. The van der Waals surface area contributed by atoms with Crippen molar-refractivity contribution in [1.82, 2.24) is 9.80 Å². The highest BCUT2D eigenvalue weighted by Crippen LogP contribution is 2.08. The molecule has 0 spiro atoms. The number of hydrogen-bond acceptors (Lipinski definition) is 3. The molecule has 3 nitrogen and oxygen atoms in total. The number of rotatable bonds is 3. The summed E-state index contributed by atoms with van der Waals surface area (Å²) < 4.78 is 0. The van der Waals surface area contributed by atoms with Crippen molar-refractivity contribution in [3.63, 3.8) is 0 Å². The first kappa shape index (κ1) is 9.96. The van der Waals surface area contributed by atoms with E-state index >= 15 is 0 Å². The van der Waals surface area contributed by atoms with Gasteiger partial charge in [0.15, 0.2) is 0 Å². The maximum absolute atomic E-state index is 9.25. The molecule has 1 rings (SSSR count). The minimum absolute atomic E-state index is 0.0567. The zero-order valence-corrected chi connectivity index (χ0v) is 7.87. The van der Waals surface area contributed by atoms with Gasteiger partial charge >= 0.3 is 0 Å². The van der Waals surface area contributed by atoms with Crippen LogP contribution in [0.1, 0.15) is 12.8 Å². The van der Waals surface area contributed by atoms with Crippen LogP contribution < -0.4 is 0 Å². The molecule has 1 aliphatic heterocycles. The average molecular weight is 171 g/mol. The second-order valence-corrected chi connectivity index (χ2v) is 3.65. The van der Waals surface area contributed by atoms with Gasteiger partial charge in [-0.15, -0.1) is 0 Å². The van der Waals surface area contributed by atoms with Crippen molar-refractivity contribution in [2.24, 2.45) is 0 Å².